The average Bonchev–Trinajstić information content (AvgIpc) is 2.70. The lowest BCUT2D eigenvalue weighted by Crippen LogP contribution is -2.46. The Hall–Kier alpha value is -1.21. The molecule has 2 rings (SSSR count). The minimum atomic E-state index is -2.92. The van der Waals surface area contributed by atoms with Gasteiger partial charge >= 0.3 is 8.80 Å². The molecule has 0 N–H and O–H groups in total. The Bertz CT molecular complexity index is 554. The van der Waals surface area contributed by atoms with Crippen LogP contribution in [0.3, 0.4) is 0 Å². The van der Waals surface area contributed by atoms with Crippen molar-refractivity contribution in [1.82, 2.24) is 0 Å². The third kappa shape index (κ3) is 7.58. The number of ether oxygens (including phenoxy) is 1. The van der Waals surface area contributed by atoms with E-state index in [1.54, 1.807) is 0 Å². The van der Waals surface area contributed by atoms with Gasteiger partial charge in [-0.3, -0.25) is 0 Å². The van der Waals surface area contributed by atoms with Gasteiger partial charge in [0.1, 0.15) is 0 Å². The molecule has 0 heterocycles. The zero-order valence-electron chi connectivity index (χ0n) is 15.2. The molecule has 0 aliphatic heterocycles. The summed E-state index contributed by atoms with van der Waals surface area (Å²) in [7, 11) is -2.92. The van der Waals surface area contributed by atoms with Gasteiger partial charge in [0.2, 0.25) is 0 Å². The lowest BCUT2D eigenvalue weighted by molar-refractivity contribution is 0.0251. The second-order valence-corrected chi connectivity index (χ2v) is 8.83. The topological polar surface area (TPSA) is 36.9 Å². The summed E-state index contributed by atoms with van der Waals surface area (Å²) in [6.07, 6.45) is 0. The van der Waals surface area contributed by atoms with E-state index in [4.69, 9.17) is 29.6 Å². The first-order valence-corrected chi connectivity index (χ1v) is 11.4. The van der Waals surface area contributed by atoms with E-state index < -0.39 is 8.80 Å². The van der Waals surface area contributed by atoms with E-state index in [-0.39, 0.29) is 0 Å². The van der Waals surface area contributed by atoms with E-state index in [0.717, 1.165) is 11.1 Å². The first-order chi connectivity index (χ1) is 12.8. The second-order valence-electron chi connectivity index (χ2n) is 5.72. The predicted octanol–water partition coefficient (Wildman–Crippen LogP) is 4.65. The molecule has 0 fully saturated rings. The van der Waals surface area contributed by atoms with Crippen LogP contribution in [0, 0.1) is 0 Å². The normalized spacial score (nSPS) is 11.6. The van der Waals surface area contributed by atoms with Crippen LogP contribution in [0.1, 0.15) is 18.1 Å². The van der Waals surface area contributed by atoms with Crippen LogP contribution in [-0.4, -0.2) is 34.5 Å². The highest BCUT2D eigenvalue weighted by Gasteiger charge is 2.41. The predicted molar refractivity (Wildman–Crippen MR) is 106 cm³/mol. The molecule has 142 valence electrons. The third-order valence-electron chi connectivity index (χ3n) is 3.76. The Labute approximate surface area is 162 Å². The maximum absolute atomic E-state index is 6.21. The molecule has 0 atom stereocenters. The van der Waals surface area contributed by atoms with Crippen molar-refractivity contribution in [3.63, 3.8) is 0 Å². The second kappa shape index (κ2) is 12.2. The van der Waals surface area contributed by atoms with Crippen LogP contribution in [0.2, 0.25) is 6.04 Å². The molecular formula is C20H27ClO4Si. The fourth-order valence-corrected chi connectivity index (χ4v) is 5.17. The van der Waals surface area contributed by atoms with Crippen LogP contribution < -0.4 is 0 Å². The Morgan fingerprint density at radius 2 is 1.31 bits per heavy atom. The third-order valence-corrected chi connectivity index (χ3v) is 6.94. The molecule has 4 nitrogen and oxygen atoms in total. The van der Waals surface area contributed by atoms with Crippen molar-refractivity contribution in [3.8, 4) is 0 Å². The summed E-state index contributed by atoms with van der Waals surface area (Å²) in [5, 5.41) is 0. The molecule has 0 aliphatic rings. The standard InChI is InChI=1S/C20H27ClO4Si/c1-2-22-14-15-23-26(16-13-21,24-17-19-9-5-3-6-10-19)25-18-20-11-7-4-8-12-20/h3-12H,2,13-18H2,1H3. The molecule has 0 radical (unpaired) electrons. The highest BCUT2D eigenvalue weighted by Crippen LogP contribution is 2.21. The average molecular weight is 395 g/mol. The molecular weight excluding hydrogens is 368 g/mol. The molecule has 0 saturated carbocycles. The van der Waals surface area contributed by atoms with E-state index in [9.17, 15) is 0 Å². The minimum absolute atomic E-state index is 0.421. The van der Waals surface area contributed by atoms with Crippen molar-refractivity contribution in [2.45, 2.75) is 26.2 Å². The Kier molecular flexibility index (Phi) is 9.92. The number of alkyl halides is 1. The summed E-state index contributed by atoms with van der Waals surface area (Å²) < 4.78 is 23.9. The Morgan fingerprint density at radius 3 is 1.77 bits per heavy atom. The molecule has 0 amide bonds. The van der Waals surface area contributed by atoms with E-state index in [2.05, 4.69) is 0 Å². The Balaban J connectivity index is 2.04. The van der Waals surface area contributed by atoms with Gasteiger partial charge in [0.15, 0.2) is 0 Å². The SMILES string of the molecule is CCOCCO[Si](CCCl)(OCc1ccccc1)OCc1ccccc1. The summed E-state index contributed by atoms with van der Waals surface area (Å²) in [6.45, 7) is 4.43. The molecule has 26 heavy (non-hydrogen) atoms. The van der Waals surface area contributed by atoms with Gasteiger partial charge < -0.3 is 18.0 Å². The first kappa shape index (κ1) is 21.1. The van der Waals surface area contributed by atoms with E-state index in [1.165, 1.54) is 0 Å². The van der Waals surface area contributed by atoms with E-state index in [0.29, 0.717) is 45.0 Å². The minimum Gasteiger partial charge on any atom is -0.379 e. The van der Waals surface area contributed by atoms with Gasteiger partial charge in [-0.25, -0.2) is 0 Å². The van der Waals surface area contributed by atoms with Crippen LogP contribution in [0.25, 0.3) is 0 Å². The first-order valence-electron chi connectivity index (χ1n) is 8.91. The van der Waals surface area contributed by atoms with E-state index in [1.807, 2.05) is 67.6 Å². The van der Waals surface area contributed by atoms with Gasteiger partial charge in [0, 0.05) is 18.5 Å². The molecule has 0 unspecified atom stereocenters. The van der Waals surface area contributed by atoms with Crippen molar-refractivity contribution < 1.29 is 18.0 Å². The summed E-state index contributed by atoms with van der Waals surface area (Å²) >= 11 is 6.05. The van der Waals surface area contributed by atoms with Crippen LogP contribution in [0.5, 0.6) is 0 Å². The van der Waals surface area contributed by atoms with Crippen molar-refractivity contribution in [1.29, 1.82) is 0 Å². The molecule has 0 saturated heterocycles. The fraction of sp³-hybridized carbons (Fsp3) is 0.400. The Morgan fingerprint density at radius 1 is 0.769 bits per heavy atom. The number of rotatable bonds is 13. The smallest absolute Gasteiger partial charge is 0.379 e. The number of benzene rings is 2. The van der Waals surface area contributed by atoms with Gasteiger partial charge in [-0.05, 0) is 18.1 Å². The summed E-state index contributed by atoms with van der Waals surface area (Å²) in [4.78, 5) is 0. The van der Waals surface area contributed by atoms with Gasteiger partial charge in [-0.1, -0.05) is 60.7 Å². The van der Waals surface area contributed by atoms with Gasteiger partial charge in [-0.15, -0.1) is 11.6 Å². The summed E-state index contributed by atoms with van der Waals surface area (Å²) in [6, 6.07) is 20.6. The van der Waals surface area contributed by atoms with Crippen LogP contribution >= 0.6 is 11.6 Å². The lowest BCUT2D eigenvalue weighted by Gasteiger charge is -2.29. The van der Waals surface area contributed by atoms with Crippen LogP contribution in [-0.2, 0) is 31.2 Å². The highest BCUT2D eigenvalue weighted by molar-refractivity contribution is 6.61. The number of hydrogen-bond donors (Lipinski definition) is 0. The lowest BCUT2D eigenvalue weighted by atomic mass is 10.2. The van der Waals surface area contributed by atoms with Crippen molar-refractivity contribution >= 4 is 20.4 Å². The van der Waals surface area contributed by atoms with Crippen molar-refractivity contribution in [2.24, 2.45) is 0 Å². The molecule has 0 spiro atoms. The number of hydrogen-bond acceptors (Lipinski definition) is 4. The van der Waals surface area contributed by atoms with Gasteiger partial charge in [-0.2, -0.15) is 0 Å². The maximum Gasteiger partial charge on any atom is 0.502 e. The van der Waals surface area contributed by atoms with Gasteiger partial charge in [0.25, 0.3) is 0 Å². The quantitative estimate of drug-likeness (QED) is 0.281. The zero-order chi connectivity index (χ0) is 18.5. The fourth-order valence-electron chi connectivity index (χ4n) is 2.39. The van der Waals surface area contributed by atoms with Crippen LogP contribution in [0.4, 0.5) is 0 Å². The summed E-state index contributed by atoms with van der Waals surface area (Å²) in [5.41, 5.74) is 2.16. The van der Waals surface area contributed by atoms with Gasteiger partial charge in [0.05, 0.1) is 26.4 Å². The molecule has 0 aliphatic carbocycles. The molecule has 2 aromatic carbocycles. The summed E-state index contributed by atoms with van der Waals surface area (Å²) in [5.74, 6) is 0.421. The number of halogens is 1. The molecule has 2 aromatic rings. The van der Waals surface area contributed by atoms with Crippen molar-refractivity contribution in [2.75, 3.05) is 25.7 Å². The van der Waals surface area contributed by atoms with Crippen LogP contribution in [0.15, 0.2) is 60.7 Å². The molecule has 0 aromatic heterocycles. The monoisotopic (exact) mass is 394 g/mol. The maximum atomic E-state index is 6.21. The highest BCUT2D eigenvalue weighted by atomic mass is 35.5. The van der Waals surface area contributed by atoms with Crippen molar-refractivity contribution in [3.05, 3.63) is 71.8 Å². The van der Waals surface area contributed by atoms with E-state index >= 15 is 0 Å². The molecule has 6 heteroatoms. The zero-order valence-corrected chi connectivity index (χ0v) is 17.0. The largest absolute Gasteiger partial charge is 0.502 e. The molecule has 0 bridgehead atoms.